The van der Waals surface area contributed by atoms with Gasteiger partial charge >= 0.3 is 0 Å². The number of thioether (sulfide) groups is 1. The molecule has 0 aliphatic rings. The zero-order chi connectivity index (χ0) is 17.0. The van der Waals surface area contributed by atoms with Crippen LogP contribution in [0.15, 0.2) is 11.2 Å². The number of aromatic nitrogens is 5. The van der Waals surface area contributed by atoms with Crippen molar-refractivity contribution >= 4 is 17.7 Å². The lowest BCUT2D eigenvalue weighted by Gasteiger charge is -2.14. The van der Waals surface area contributed by atoms with Crippen LogP contribution in [0, 0.1) is 25.2 Å². The third-order valence-electron chi connectivity index (χ3n) is 3.16. The smallest absolute Gasteiger partial charge is 0.271 e. The van der Waals surface area contributed by atoms with Gasteiger partial charge < -0.3 is 10.7 Å². The first kappa shape index (κ1) is 16.8. The van der Waals surface area contributed by atoms with Crippen molar-refractivity contribution in [2.45, 2.75) is 25.4 Å². The van der Waals surface area contributed by atoms with Gasteiger partial charge in [-0.3, -0.25) is 4.79 Å². The van der Waals surface area contributed by atoms with E-state index in [0.717, 1.165) is 11.4 Å². The topological polar surface area (TPSA) is 119 Å². The van der Waals surface area contributed by atoms with Crippen molar-refractivity contribution in [3.63, 3.8) is 0 Å². The summed E-state index contributed by atoms with van der Waals surface area (Å²) in [6.45, 7) is 4.18. The first-order chi connectivity index (χ1) is 10.9. The average molecular weight is 334 g/mol. The van der Waals surface area contributed by atoms with Crippen molar-refractivity contribution in [1.82, 2.24) is 29.6 Å². The Morgan fingerprint density at radius 2 is 2.22 bits per heavy atom. The van der Waals surface area contributed by atoms with Crippen LogP contribution in [-0.4, -0.2) is 54.8 Å². The maximum Gasteiger partial charge on any atom is 0.271 e. The van der Waals surface area contributed by atoms with Crippen LogP contribution in [0.25, 0.3) is 5.95 Å². The van der Waals surface area contributed by atoms with Gasteiger partial charge in [-0.25, -0.2) is 9.36 Å². The molecule has 10 heteroatoms. The van der Waals surface area contributed by atoms with Crippen LogP contribution < -0.4 is 5.84 Å². The number of hydrogen-bond acceptors (Lipinski definition) is 7. The number of amides is 1. The van der Waals surface area contributed by atoms with Gasteiger partial charge in [0.05, 0.1) is 23.9 Å². The third kappa shape index (κ3) is 3.81. The lowest BCUT2D eigenvalue weighted by molar-refractivity contribution is -0.127. The lowest BCUT2D eigenvalue weighted by Crippen LogP contribution is -2.29. The number of carbonyl (C=O) groups is 1. The first-order valence-corrected chi connectivity index (χ1v) is 7.90. The Kier molecular flexibility index (Phi) is 5.23. The summed E-state index contributed by atoms with van der Waals surface area (Å²) < 4.78 is 2.92. The number of hydrogen-bond donors (Lipinski definition) is 1. The van der Waals surface area contributed by atoms with Crippen molar-refractivity contribution in [2.75, 3.05) is 25.2 Å². The van der Waals surface area contributed by atoms with Crippen LogP contribution in [0.3, 0.4) is 0 Å². The van der Waals surface area contributed by atoms with Gasteiger partial charge in [0.2, 0.25) is 11.1 Å². The highest BCUT2D eigenvalue weighted by Crippen LogP contribution is 2.17. The SMILES string of the molecule is Cc1cc(C)n(-c2nnc(SCC(=O)N(C)CCC#N)n2N)n1. The number of nitrogen functional groups attached to an aromatic ring is 1. The summed E-state index contributed by atoms with van der Waals surface area (Å²) in [6.07, 6.45) is 0.308. The number of nitrogens with two attached hydrogens (primary N) is 1. The van der Waals surface area contributed by atoms with E-state index in [2.05, 4.69) is 15.3 Å². The molecule has 0 saturated carbocycles. The molecule has 0 bridgehead atoms. The second-order valence-corrected chi connectivity index (χ2v) is 5.95. The normalized spacial score (nSPS) is 10.5. The summed E-state index contributed by atoms with van der Waals surface area (Å²) in [5, 5.41) is 21.3. The van der Waals surface area contributed by atoms with E-state index in [1.165, 1.54) is 21.3 Å². The molecule has 0 atom stereocenters. The molecule has 0 aliphatic heterocycles. The molecule has 0 unspecified atom stereocenters. The minimum absolute atomic E-state index is 0.0964. The molecule has 9 nitrogen and oxygen atoms in total. The molecule has 122 valence electrons. The predicted octanol–water partition coefficient (Wildman–Crippen LogP) is 0.259. The molecule has 0 aromatic carbocycles. The van der Waals surface area contributed by atoms with E-state index < -0.39 is 0 Å². The highest BCUT2D eigenvalue weighted by molar-refractivity contribution is 7.99. The summed E-state index contributed by atoms with van der Waals surface area (Å²) in [6, 6.07) is 3.92. The Balaban J connectivity index is 2.04. The Bertz CT molecular complexity index is 744. The fraction of sp³-hybridized carbons (Fsp3) is 0.462. The van der Waals surface area contributed by atoms with Crippen LogP contribution in [0.1, 0.15) is 17.8 Å². The molecular formula is C13H18N8OS. The number of nitriles is 1. The van der Waals surface area contributed by atoms with Crippen LogP contribution >= 0.6 is 11.8 Å². The van der Waals surface area contributed by atoms with Gasteiger partial charge in [-0.05, 0) is 19.9 Å². The lowest BCUT2D eigenvalue weighted by atomic mass is 10.4. The third-order valence-corrected chi connectivity index (χ3v) is 4.08. The minimum atomic E-state index is -0.0964. The highest BCUT2D eigenvalue weighted by Gasteiger charge is 2.17. The largest absolute Gasteiger partial charge is 0.344 e. The Labute approximate surface area is 138 Å². The average Bonchev–Trinajstić information content (AvgIpc) is 3.04. The van der Waals surface area contributed by atoms with E-state index >= 15 is 0 Å². The van der Waals surface area contributed by atoms with Gasteiger partial charge in [0, 0.05) is 19.3 Å². The molecule has 1 amide bonds. The van der Waals surface area contributed by atoms with E-state index in [0.29, 0.717) is 24.1 Å². The van der Waals surface area contributed by atoms with Gasteiger partial charge in [-0.2, -0.15) is 10.4 Å². The summed E-state index contributed by atoms with van der Waals surface area (Å²) >= 11 is 1.19. The Hall–Kier alpha value is -2.54. The Morgan fingerprint density at radius 3 is 2.83 bits per heavy atom. The van der Waals surface area contributed by atoms with E-state index in [-0.39, 0.29) is 11.7 Å². The van der Waals surface area contributed by atoms with Gasteiger partial charge in [0.15, 0.2) is 0 Å². The van der Waals surface area contributed by atoms with Gasteiger partial charge in [0.25, 0.3) is 5.95 Å². The van der Waals surface area contributed by atoms with Crippen LogP contribution in [-0.2, 0) is 4.79 Å². The van der Waals surface area contributed by atoms with Crippen molar-refractivity contribution in [3.8, 4) is 12.0 Å². The van der Waals surface area contributed by atoms with Crippen molar-refractivity contribution in [1.29, 1.82) is 5.26 Å². The van der Waals surface area contributed by atoms with Gasteiger partial charge in [0.1, 0.15) is 0 Å². The highest BCUT2D eigenvalue weighted by atomic mass is 32.2. The zero-order valence-electron chi connectivity index (χ0n) is 13.2. The van der Waals surface area contributed by atoms with Crippen LogP contribution in [0.2, 0.25) is 0 Å². The number of nitrogens with zero attached hydrogens (tertiary/aromatic N) is 7. The molecule has 2 rings (SSSR count). The quantitative estimate of drug-likeness (QED) is 0.594. The number of carbonyl (C=O) groups excluding carboxylic acids is 1. The van der Waals surface area contributed by atoms with Crippen molar-refractivity contribution in [3.05, 3.63) is 17.5 Å². The van der Waals surface area contributed by atoms with Crippen molar-refractivity contribution < 1.29 is 4.79 Å². The van der Waals surface area contributed by atoms with E-state index in [9.17, 15) is 4.79 Å². The Morgan fingerprint density at radius 1 is 1.48 bits per heavy atom. The number of rotatable bonds is 6. The maximum absolute atomic E-state index is 11.9. The van der Waals surface area contributed by atoms with E-state index in [4.69, 9.17) is 11.1 Å². The summed E-state index contributed by atoms with van der Waals surface area (Å²) in [4.78, 5) is 13.5. The molecule has 0 saturated heterocycles. The molecule has 0 fully saturated rings. The summed E-state index contributed by atoms with van der Waals surface area (Å²) in [5.74, 6) is 6.47. The molecule has 0 spiro atoms. The fourth-order valence-electron chi connectivity index (χ4n) is 1.92. The molecule has 0 aliphatic carbocycles. The zero-order valence-corrected chi connectivity index (χ0v) is 14.0. The van der Waals surface area contributed by atoms with Crippen LogP contribution in [0.4, 0.5) is 0 Å². The monoisotopic (exact) mass is 334 g/mol. The molecule has 2 aromatic heterocycles. The maximum atomic E-state index is 11.9. The molecule has 2 heterocycles. The van der Waals surface area contributed by atoms with Crippen molar-refractivity contribution in [2.24, 2.45) is 0 Å². The van der Waals surface area contributed by atoms with Gasteiger partial charge in [-0.15, -0.1) is 10.2 Å². The molecular weight excluding hydrogens is 316 g/mol. The standard InChI is InChI=1S/C13H18N8OS/c1-9-7-10(2)21(18-9)12-16-17-13(20(12)15)23-8-11(22)19(3)6-4-5-14/h7H,4,6,8,15H2,1-3H3. The molecule has 23 heavy (non-hydrogen) atoms. The first-order valence-electron chi connectivity index (χ1n) is 6.92. The fourth-order valence-corrected chi connectivity index (χ4v) is 2.71. The molecule has 0 radical (unpaired) electrons. The van der Waals surface area contributed by atoms with Crippen LogP contribution in [0.5, 0.6) is 0 Å². The second kappa shape index (κ2) is 7.15. The predicted molar refractivity (Wildman–Crippen MR) is 85.4 cm³/mol. The molecule has 2 N–H and O–H groups in total. The summed E-state index contributed by atoms with van der Waals surface area (Å²) in [5.41, 5.74) is 1.75. The number of aryl methyl sites for hydroxylation is 2. The van der Waals surface area contributed by atoms with E-state index in [1.807, 2.05) is 26.0 Å². The van der Waals surface area contributed by atoms with Gasteiger partial charge in [-0.1, -0.05) is 11.8 Å². The summed E-state index contributed by atoms with van der Waals surface area (Å²) in [7, 11) is 1.66. The van der Waals surface area contributed by atoms with E-state index in [1.54, 1.807) is 11.7 Å². The molecule has 2 aromatic rings. The second-order valence-electron chi connectivity index (χ2n) is 5.00. The minimum Gasteiger partial charge on any atom is -0.344 e.